The Kier molecular flexibility index (Phi) is 4.13. The first kappa shape index (κ1) is 15.1. The van der Waals surface area contributed by atoms with Crippen LogP contribution in [0.2, 0.25) is 0 Å². The van der Waals surface area contributed by atoms with Crippen molar-refractivity contribution in [1.29, 1.82) is 0 Å². The number of aromatic nitrogens is 4. The van der Waals surface area contributed by atoms with Crippen molar-refractivity contribution in [2.75, 3.05) is 13.1 Å². The van der Waals surface area contributed by atoms with Crippen LogP contribution in [0.15, 0.2) is 41.2 Å². The summed E-state index contributed by atoms with van der Waals surface area (Å²) in [5.74, 6) is 1.24. The van der Waals surface area contributed by atoms with E-state index in [2.05, 4.69) is 39.6 Å². The standard InChI is InChI=1S/C18H21N5O/c1-13-5-2-3-6-14(13)9-17-21-18(24-22-17)15-10-20-23(12-15)16-7-4-8-19-11-16/h2-3,5-6,10,12,16,19H,4,7-9,11H2,1H3. The summed E-state index contributed by atoms with van der Waals surface area (Å²) in [5, 5.41) is 12.0. The van der Waals surface area contributed by atoms with E-state index in [1.807, 2.05) is 23.0 Å². The maximum Gasteiger partial charge on any atom is 0.261 e. The van der Waals surface area contributed by atoms with Crippen molar-refractivity contribution in [2.24, 2.45) is 0 Å². The molecule has 1 unspecified atom stereocenters. The van der Waals surface area contributed by atoms with Crippen molar-refractivity contribution in [1.82, 2.24) is 25.2 Å². The summed E-state index contributed by atoms with van der Waals surface area (Å²) in [7, 11) is 0. The van der Waals surface area contributed by atoms with Crippen molar-refractivity contribution in [3.63, 3.8) is 0 Å². The molecule has 1 atom stereocenters. The van der Waals surface area contributed by atoms with Crippen molar-refractivity contribution < 1.29 is 4.52 Å². The zero-order chi connectivity index (χ0) is 16.4. The van der Waals surface area contributed by atoms with E-state index in [1.54, 1.807) is 6.20 Å². The highest BCUT2D eigenvalue weighted by atomic mass is 16.5. The topological polar surface area (TPSA) is 68.8 Å². The van der Waals surface area contributed by atoms with E-state index in [1.165, 1.54) is 17.5 Å². The van der Waals surface area contributed by atoms with E-state index in [0.717, 1.165) is 25.1 Å². The van der Waals surface area contributed by atoms with Gasteiger partial charge >= 0.3 is 0 Å². The highest BCUT2D eigenvalue weighted by Crippen LogP contribution is 2.22. The molecule has 3 heterocycles. The zero-order valence-corrected chi connectivity index (χ0v) is 13.8. The first-order chi connectivity index (χ1) is 11.8. The zero-order valence-electron chi connectivity index (χ0n) is 13.8. The first-order valence-electron chi connectivity index (χ1n) is 8.42. The summed E-state index contributed by atoms with van der Waals surface area (Å²) < 4.78 is 7.44. The molecule has 0 aliphatic carbocycles. The molecule has 1 aliphatic rings. The van der Waals surface area contributed by atoms with Crippen molar-refractivity contribution in [2.45, 2.75) is 32.2 Å². The van der Waals surface area contributed by atoms with Crippen LogP contribution in [0.3, 0.4) is 0 Å². The smallest absolute Gasteiger partial charge is 0.261 e. The fourth-order valence-electron chi connectivity index (χ4n) is 3.13. The Morgan fingerprint density at radius 1 is 1.33 bits per heavy atom. The molecule has 0 bridgehead atoms. The second-order valence-corrected chi connectivity index (χ2v) is 6.33. The number of benzene rings is 1. The van der Waals surface area contributed by atoms with E-state index >= 15 is 0 Å². The van der Waals surface area contributed by atoms with Crippen LogP contribution in [-0.4, -0.2) is 33.0 Å². The van der Waals surface area contributed by atoms with E-state index < -0.39 is 0 Å². The quantitative estimate of drug-likeness (QED) is 0.799. The number of piperidine rings is 1. The predicted molar refractivity (Wildman–Crippen MR) is 90.6 cm³/mol. The molecular formula is C18H21N5O. The Morgan fingerprint density at radius 2 is 2.25 bits per heavy atom. The Morgan fingerprint density at radius 3 is 3.08 bits per heavy atom. The van der Waals surface area contributed by atoms with Crippen molar-refractivity contribution in [3.05, 3.63) is 53.6 Å². The lowest BCUT2D eigenvalue weighted by Crippen LogP contribution is -2.31. The summed E-state index contributed by atoms with van der Waals surface area (Å²) in [6, 6.07) is 8.67. The van der Waals surface area contributed by atoms with Gasteiger partial charge in [-0.15, -0.1) is 0 Å². The number of nitrogens with one attached hydrogen (secondary N) is 1. The first-order valence-corrected chi connectivity index (χ1v) is 8.42. The van der Waals surface area contributed by atoms with Gasteiger partial charge in [0.15, 0.2) is 5.82 Å². The lowest BCUT2D eigenvalue weighted by Gasteiger charge is -2.22. The minimum Gasteiger partial charge on any atom is -0.334 e. The van der Waals surface area contributed by atoms with Crippen LogP contribution in [0.4, 0.5) is 0 Å². The summed E-state index contributed by atoms with van der Waals surface area (Å²) in [6.45, 7) is 4.15. The molecule has 6 heteroatoms. The third kappa shape index (κ3) is 3.10. The summed E-state index contributed by atoms with van der Waals surface area (Å²) >= 11 is 0. The van der Waals surface area contributed by atoms with Gasteiger partial charge in [0.1, 0.15) is 0 Å². The normalized spacial score (nSPS) is 18.0. The Balaban J connectivity index is 1.50. The molecule has 3 aromatic rings. The minimum absolute atomic E-state index is 0.405. The fraction of sp³-hybridized carbons (Fsp3) is 0.389. The molecule has 1 aromatic carbocycles. The molecule has 1 aliphatic heterocycles. The van der Waals surface area contributed by atoms with Gasteiger partial charge in [-0.1, -0.05) is 29.4 Å². The van der Waals surface area contributed by atoms with Gasteiger partial charge in [0.25, 0.3) is 5.89 Å². The van der Waals surface area contributed by atoms with Crippen LogP contribution in [-0.2, 0) is 6.42 Å². The molecular weight excluding hydrogens is 302 g/mol. The SMILES string of the molecule is Cc1ccccc1Cc1noc(-c2cnn(C3CCCNC3)c2)n1. The predicted octanol–water partition coefficient (Wildman–Crippen LogP) is 2.76. The van der Waals surface area contributed by atoms with Gasteiger partial charge in [0.05, 0.1) is 17.8 Å². The van der Waals surface area contributed by atoms with E-state index in [9.17, 15) is 0 Å². The second kappa shape index (κ2) is 6.57. The van der Waals surface area contributed by atoms with Crippen LogP contribution in [0.25, 0.3) is 11.5 Å². The molecule has 0 radical (unpaired) electrons. The molecule has 124 valence electrons. The molecule has 6 nitrogen and oxygen atoms in total. The maximum atomic E-state index is 5.43. The van der Waals surface area contributed by atoms with E-state index in [-0.39, 0.29) is 0 Å². The largest absolute Gasteiger partial charge is 0.334 e. The van der Waals surface area contributed by atoms with E-state index in [0.29, 0.717) is 24.2 Å². The van der Waals surface area contributed by atoms with Crippen molar-refractivity contribution >= 4 is 0 Å². The highest BCUT2D eigenvalue weighted by Gasteiger charge is 2.18. The average molecular weight is 323 g/mol. The number of hydrogen-bond donors (Lipinski definition) is 1. The molecule has 4 rings (SSSR count). The van der Waals surface area contributed by atoms with Gasteiger partial charge in [-0.05, 0) is 37.4 Å². The highest BCUT2D eigenvalue weighted by molar-refractivity contribution is 5.49. The summed E-state index contributed by atoms with van der Waals surface area (Å²) in [5.41, 5.74) is 3.33. The van der Waals surface area contributed by atoms with E-state index in [4.69, 9.17) is 4.52 Å². The van der Waals surface area contributed by atoms with Crippen LogP contribution >= 0.6 is 0 Å². The lowest BCUT2D eigenvalue weighted by molar-refractivity contribution is 0.347. The third-order valence-electron chi connectivity index (χ3n) is 4.57. The molecule has 1 saturated heterocycles. The molecule has 24 heavy (non-hydrogen) atoms. The van der Waals surface area contributed by atoms with Crippen LogP contribution in [0.1, 0.15) is 35.8 Å². The van der Waals surface area contributed by atoms with Gasteiger partial charge in [0.2, 0.25) is 0 Å². The third-order valence-corrected chi connectivity index (χ3v) is 4.57. The van der Waals surface area contributed by atoms with Gasteiger partial charge in [-0.25, -0.2) is 0 Å². The summed E-state index contributed by atoms with van der Waals surface area (Å²) in [6.07, 6.45) is 6.82. The van der Waals surface area contributed by atoms with Crippen LogP contribution < -0.4 is 5.32 Å². The Bertz CT molecular complexity index is 816. The minimum atomic E-state index is 0.405. The van der Waals surface area contributed by atoms with Crippen LogP contribution in [0.5, 0.6) is 0 Å². The van der Waals surface area contributed by atoms with Crippen LogP contribution in [0, 0.1) is 6.92 Å². The molecule has 2 aromatic heterocycles. The molecule has 1 fully saturated rings. The average Bonchev–Trinajstić information content (AvgIpc) is 3.27. The Hall–Kier alpha value is -2.47. The number of hydrogen-bond acceptors (Lipinski definition) is 5. The lowest BCUT2D eigenvalue weighted by atomic mass is 10.1. The monoisotopic (exact) mass is 323 g/mol. The van der Waals surface area contributed by atoms with Crippen molar-refractivity contribution in [3.8, 4) is 11.5 Å². The fourth-order valence-corrected chi connectivity index (χ4v) is 3.13. The van der Waals surface area contributed by atoms with Gasteiger partial charge < -0.3 is 9.84 Å². The number of nitrogens with zero attached hydrogens (tertiary/aromatic N) is 4. The number of aryl methyl sites for hydroxylation is 1. The molecule has 0 saturated carbocycles. The van der Waals surface area contributed by atoms with Gasteiger partial charge in [0, 0.05) is 19.2 Å². The number of rotatable bonds is 4. The second-order valence-electron chi connectivity index (χ2n) is 6.33. The summed E-state index contributed by atoms with van der Waals surface area (Å²) in [4.78, 5) is 4.53. The Labute approximate surface area is 140 Å². The molecule has 1 N–H and O–H groups in total. The molecule has 0 spiro atoms. The molecule has 0 amide bonds. The maximum absolute atomic E-state index is 5.43. The van der Waals surface area contributed by atoms with Gasteiger partial charge in [-0.2, -0.15) is 10.1 Å². The van der Waals surface area contributed by atoms with Gasteiger partial charge in [-0.3, -0.25) is 4.68 Å².